The molecule has 104 valence electrons. The number of nitrogens with one attached hydrogen (secondary N) is 1. The molecule has 1 fully saturated rings. The van der Waals surface area contributed by atoms with Gasteiger partial charge in [-0.25, -0.2) is 8.42 Å². The first-order valence-corrected chi connectivity index (χ1v) is 8.24. The van der Waals surface area contributed by atoms with Crippen molar-refractivity contribution in [3.05, 3.63) is 34.9 Å². The number of hydrogen-bond donors (Lipinski definition) is 1. The Morgan fingerprint density at radius 3 is 2.68 bits per heavy atom. The molecule has 1 N–H and O–H groups in total. The normalized spacial score (nSPS) is 22.1. The molecule has 2 rings (SSSR count). The molecule has 1 aromatic carbocycles. The van der Waals surface area contributed by atoms with Crippen LogP contribution in [0.25, 0.3) is 0 Å². The minimum atomic E-state index is -2.99. The standard InChI is InChI=1S/C14H19NO3S/c1-10-3-4-12(7-11(10)2)14(16)8-13-9-19(17,18)6-5-15-13/h3-4,7,13,15H,5-6,8-9H2,1-2H3. The molecule has 1 saturated heterocycles. The maximum atomic E-state index is 12.2. The van der Waals surface area contributed by atoms with Gasteiger partial charge in [0.15, 0.2) is 15.6 Å². The van der Waals surface area contributed by atoms with Crippen molar-refractivity contribution >= 4 is 15.6 Å². The molecule has 0 saturated carbocycles. The first-order valence-electron chi connectivity index (χ1n) is 6.42. The number of ketones is 1. The molecule has 19 heavy (non-hydrogen) atoms. The fourth-order valence-corrected chi connectivity index (χ4v) is 3.70. The number of sulfone groups is 1. The molecular weight excluding hydrogens is 262 g/mol. The number of benzene rings is 1. The van der Waals surface area contributed by atoms with Gasteiger partial charge in [0, 0.05) is 24.6 Å². The van der Waals surface area contributed by atoms with Crippen molar-refractivity contribution in [3.8, 4) is 0 Å². The van der Waals surface area contributed by atoms with E-state index in [-0.39, 0.29) is 29.8 Å². The predicted octanol–water partition coefficient (Wildman–Crippen LogP) is 1.26. The average Bonchev–Trinajstić information content (AvgIpc) is 2.31. The molecule has 0 aromatic heterocycles. The lowest BCUT2D eigenvalue weighted by atomic mass is 10.00. The summed E-state index contributed by atoms with van der Waals surface area (Å²) in [5.74, 6) is 0.225. The molecule has 1 unspecified atom stereocenters. The SMILES string of the molecule is Cc1ccc(C(=O)CC2CS(=O)(=O)CCN2)cc1C. The van der Waals surface area contributed by atoms with Gasteiger partial charge in [0.1, 0.15) is 0 Å². The molecule has 1 aliphatic heterocycles. The van der Waals surface area contributed by atoms with Gasteiger partial charge in [-0.15, -0.1) is 0 Å². The van der Waals surface area contributed by atoms with Crippen LogP contribution in [0.2, 0.25) is 0 Å². The minimum Gasteiger partial charge on any atom is -0.312 e. The maximum absolute atomic E-state index is 12.2. The highest BCUT2D eigenvalue weighted by Crippen LogP contribution is 2.14. The predicted molar refractivity (Wildman–Crippen MR) is 75.3 cm³/mol. The van der Waals surface area contributed by atoms with E-state index in [2.05, 4.69) is 5.32 Å². The number of hydrogen-bond acceptors (Lipinski definition) is 4. The number of rotatable bonds is 3. The van der Waals surface area contributed by atoms with E-state index in [4.69, 9.17) is 0 Å². The summed E-state index contributed by atoms with van der Waals surface area (Å²) in [6.45, 7) is 4.40. The molecule has 1 atom stereocenters. The highest BCUT2D eigenvalue weighted by molar-refractivity contribution is 7.91. The van der Waals surface area contributed by atoms with Crippen molar-refractivity contribution < 1.29 is 13.2 Å². The van der Waals surface area contributed by atoms with Crippen molar-refractivity contribution in [2.24, 2.45) is 0 Å². The van der Waals surface area contributed by atoms with Crippen LogP contribution in [0.3, 0.4) is 0 Å². The third-order valence-corrected chi connectivity index (χ3v) is 5.30. The van der Waals surface area contributed by atoms with E-state index in [0.717, 1.165) is 11.1 Å². The van der Waals surface area contributed by atoms with Crippen molar-refractivity contribution in [2.75, 3.05) is 18.1 Å². The summed E-state index contributed by atoms with van der Waals surface area (Å²) in [6.07, 6.45) is 0.238. The summed E-state index contributed by atoms with van der Waals surface area (Å²) in [7, 11) is -2.99. The van der Waals surface area contributed by atoms with Gasteiger partial charge >= 0.3 is 0 Å². The molecule has 5 heteroatoms. The van der Waals surface area contributed by atoms with Crippen LogP contribution in [0.15, 0.2) is 18.2 Å². The summed E-state index contributed by atoms with van der Waals surface area (Å²) in [5.41, 5.74) is 2.89. The second-order valence-corrected chi connectivity index (χ2v) is 7.42. The Morgan fingerprint density at radius 1 is 1.32 bits per heavy atom. The van der Waals surface area contributed by atoms with Crippen LogP contribution >= 0.6 is 0 Å². The Kier molecular flexibility index (Phi) is 4.06. The third-order valence-electron chi connectivity index (χ3n) is 3.56. The highest BCUT2D eigenvalue weighted by Gasteiger charge is 2.26. The van der Waals surface area contributed by atoms with Gasteiger partial charge in [0.05, 0.1) is 11.5 Å². The van der Waals surface area contributed by atoms with Crippen LogP contribution in [0.4, 0.5) is 0 Å². The van der Waals surface area contributed by atoms with Crippen LogP contribution < -0.4 is 5.32 Å². The molecule has 4 nitrogen and oxygen atoms in total. The van der Waals surface area contributed by atoms with E-state index in [9.17, 15) is 13.2 Å². The van der Waals surface area contributed by atoms with Crippen molar-refractivity contribution in [3.63, 3.8) is 0 Å². The zero-order valence-electron chi connectivity index (χ0n) is 11.3. The average molecular weight is 281 g/mol. The van der Waals surface area contributed by atoms with Crippen LogP contribution in [0.1, 0.15) is 27.9 Å². The fraction of sp³-hybridized carbons (Fsp3) is 0.500. The van der Waals surface area contributed by atoms with Crippen molar-refractivity contribution in [1.82, 2.24) is 5.32 Å². The Morgan fingerprint density at radius 2 is 2.05 bits per heavy atom. The Labute approximate surface area is 114 Å². The van der Waals surface area contributed by atoms with Gasteiger partial charge in [-0.3, -0.25) is 4.79 Å². The van der Waals surface area contributed by atoms with Gasteiger partial charge in [0.2, 0.25) is 0 Å². The lowest BCUT2D eigenvalue weighted by Gasteiger charge is -2.23. The summed E-state index contributed by atoms with van der Waals surface area (Å²) in [6, 6.07) is 5.35. The molecule has 0 amide bonds. The van der Waals surface area contributed by atoms with Crippen molar-refractivity contribution in [1.29, 1.82) is 0 Å². The largest absolute Gasteiger partial charge is 0.312 e. The fourth-order valence-electron chi connectivity index (χ4n) is 2.25. The van der Waals surface area contributed by atoms with E-state index in [1.165, 1.54) is 0 Å². The number of aryl methyl sites for hydroxylation is 2. The molecule has 0 radical (unpaired) electrons. The van der Waals surface area contributed by atoms with Crippen LogP contribution in [0, 0.1) is 13.8 Å². The smallest absolute Gasteiger partial charge is 0.164 e. The van der Waals surface area contributed by atoms with E-state index in [0.29, 0.717) is 12.1 Å². The summed E-state index contributed by atoms with van der Waals surface area (Å²) >= 11 is 0. The Bertz CT molecular complexity index is 593. The Balaban J connectivity index is 2.06. The zero-order chi connectivity index (χ0) is 14.0. The molecule has 0 spiro atoms. The second kappa shape index (κ2) is 5.43. The molecule has 1 aromatic rings. The summed E-state index contributed by atoms with van der Waals surface area (Å²) in [4.78, 5) is 12.2. The van der Waals surface area contributed by atoms with Crippen LogP contribution in [-0.4, -0.2) is 38.3 Å². The number of carbonyl (C=O) groups excluding carboxylic acids is 1. The maximum Gasteiger partial charge on any atom is 0.164 e. The van der Waals surface area contributed by atoms with Crippen molar-refractivity contribution in [2.45, 2.75) is 26.3 Å². The summed E-state index contributed by atoms with van der Waals surface area (Å²) in [5, 5.41) is 3.10. The van der Waals surface area contributed by atoms with Gasteiger partial charge in [0.25, 0.3) is 0 Å². The third kappa shape index (κ3) is 3.64. The van der Waals surface area contributed by atoms with E-state index < -0.39 is 9.84 Å². The van der Waals surface area contributed by atoms with E-state index in [1.54, 1.807) is 0 Å². The minimum absolute atomic E-state index is 0.00213. The molecule has 0 aliphatic carbocycles. The molecular formula is C14H19NO3S. The van der Waals surface area contributed by atoms with E-state index >= 15 is 0 Å². The number of carbonyl (C=O) groups is 1. The topological polar surface area (TPSA) is 63.2 Å². The quantitative estimate of drug-likeness (QED) is 0.847. The molecule has 0 bridgehead atoms. The first-order chi connectivity index (χ1) is 8.87. The van der Waals surface area contributed by atoms with Crippen LogP contribution in [0.5, 0.6) is 0 Å². The second-order valence-electron chi connectivity index (χ2n) is 5.19. The van der Waals surface area contributed by atoms with Gasteiger partial charge in [-0.2, -0.15) is 0 Å². The monoisotopic (exact) mass is 281 g/mol. The number of Topliss-reactive ketones (excluding diaryl/α,β-unsaturated/α-hetero) is 1. The molecule has 1 aliphatic rings. The van der Waals surface area contributed by atoms with Gasteiger partial charge in [-0.05, 0) is 31.0 Å². The van der Waals surface area contributed by atoms with Gasteiger partial charge in [-0.1, -0.05) is 12.1 Å². The summed E-state index contributed by atoms with van der Waals surface area (Å²) < 4.78 is 23.1. The van der Waals surface area contributed by atoms with Gasteiger partial charge < -0.3 is 5.32 Å². The van der Waals surface area contributed by atoms with Crippen LogP contribution in [-0.2, 0) is 9.84 Å². The molecule has 1 heterocycles. The van der Waals surface area contributed by atoms with E-state index in [1.807, 2.05) is 32.0 Å². The highest BCUT2D eigenvalue weighted by atomic mass is 32.2. The lowest BCUT2D eigenvalue weighted by Crippen LogP contribution is -2.46. The lowest BCUT2D eigenvalue weighted by molar-refractivity contribution is 0.0971. The first kappa shape index (κ1) is 14.2. The zero-order valence-corrected chi connectivity index (χ0v) is 12.1. The Hall–Kier alpha value is -1.20.